The molecule has 0 bridgehead atoms. The van der Waals surface area contributed by atoms with Crippen LogP contribution < -0.4 is 5.32 Å². The average molecular weight is 353 g/mol. The summed E-state index contributed by atoms with van der Waals surface area (Å²) in [6.45, 7) is 2.09. The first-order valence-electron chi connectivity index (χ1n) is 8.31. The molecule has 0 aliphatic carbocycles. The number of carbonyl (C=O) groups is 3. The van der Waals surface area contributed by atoms with Gasteiger partial charge in [-0.15, -0.1) is 5.06 Å². The lowest BCUT2D eigenvalue weighted by atomic mass is 9.93. The van der Waals surface area contributed by atoms with Crippen molar-refractivity contribution in [3.05, 3.63) is 66.0 Å². The number of piperidine rings is 1. The molecule has 0 saturated carbocycles. The van der Waals surface area contributed by atoms with Crippen LogP contribution in [0.4, 0.5) is 0 Å². The quantitative estimate of drug-likeness (QED) is 0.895. The molecule has 1 aromatic carbocycles. The third-order valence-corrected chi connectivity index (χ3v) is 4.15. The van der Waals surface area contributed by atoms with E-state index in [4.69, 9.17) is 4.84 Å². The Balaban J connectivity index is 1.60. The van der Waals surface area contributed by atoms with E-state index in [0.717, 1.165) is 0 Å². The van der Waals surface area contributed by atoms with Crippen LogP contribution in [0.1, 0.15) is 27.8 Å². The molecule has 2 unspecified atom stereocenters. The number of hydrogen-bond acceptors (Lipinski definition) is 6. The maximum atomic E-state index is 12.4. The summed E-state index contributed by atoms with van der Waals surface area (Å²) in [5.74, 6) is -1.34. The number of nitrogens with zero attached hydrogens (tertiary/aromatic N) is 2. The van der Waals surface area contributed by atoms with Crippen molar-refractivity contribution in [2.45, 2.75) is 13.0 Å². The minimum atomic E-state index is -0.642. The molecule has 1 N–H and O–H groups in total. The summed E-state index contributed by atoms with van der Waals surface area (Å²) in [7, 11) is 0. The van der Waals surface area contributed by atoms with E-state index in [1.807, 2.05) is 6.92 Å². The standard InChI is InChI=1S/C19H19N3O4/c1-13-11-22(26-19(25)14-7-3-2-4-8-14)12-16(23)17(13)21-18(24)15-9-5-6-10-20-15/h2-10,13,17H,11-12H2,1H3,(H,21,24). The maximum Gasteiger partial charge on any atom is 0.357 e. The Morgan fingerprint density at radius 2 is 1.88 bits per heavy atom. The smallest absolute Gasteiger partial charge is 0.357 e. The van der Waals surface area contributed by atoms with E-state index in [1.165, 1.54) is 11.3 Å². The highest BCUT2D eigenvalue weighted by atomic mass is 16.7. The third-order valence-electron chi connectivity index (χ3n) is 4.15. The van der Waals surface area contributed by atoms with Gasteiger partial charge >= 0.3 is 5.97 Å². The number of Topliss-reactive ketones (excluding diaryl/α,β-unsaturated/α-hetero) is 1. The van der Waals surface area contributed by atoms with E-state index in [9.17, 15) is 14.4 Å². The van der Waals surface area contributed by atoms with Crippen molar-refractivity contribution in [1.82, 2.24) is 15.4 Å². The first kappa shape index (κ1) is 17.8. The SMILES string of the molecule is CC1CN(OC(=O)c2ccccc2)CC(=O)C1NC(=O)c1ccccn1. The molecule has 2 atom stereocenters. The zero-order valence-corrected chi connectivity index (χ0v) is 14.3. The number of amides is 1. The van der Waals surface area contributed by atoms with Crippen molar-refractivity contribution in [2.75, 3.05) is 13.1 Å². The highest BCUT2D eigenvalue weighted by Gasteiger charge is 2.36. The van der Waals surface area contributed by atoms with Gasteiger partial charge in [-0.2, -0.15) is 0 Å². The second-order valence-corrected chi connectivity index (χ2v) is 6.18. The van der Waals surface area contributed by atoms with Gasteiger partial charge in [0.15, 0.2) is 5.78 Å². The second-order valence-electron chi connectivity index (χ2n) is 6.18. The van der Waals surface area contributed by atoms with Gasteiger partial charge in [-0.25, -0.2) is 4.79 Å². The lowest BCUT2D eigenvalue weighted by molar-refractivity contribution is -0.155. The molecule has 3 rings (SSSR count). The molecule has 1 aliphatic rings. The van der Waals surface area contributed by atoms with E-state index < -0.39 is 17.9 Å². The molecular formula is C19H19N3O4. The lowest BCUT2D eigenvalue weighted by Crippen LogP contribution is -2.56. The number of pyridine rings is 1. The van der Waals surface area contributed by atoms with Gasteiger partial charge in [-0.1, -0.05) is 31.2 Å². The lowest BCUT2D eigenvalue weighted by Gasteiger charge is -2.34. The van der Waals surface area contributed by atoms with Gasteiger partial charge in [0.2, 0.25) is 0 Å². The number of aromatic nitrogens is 1. The van der Waals surface area contributed by atoms with Crippen LogP contribution in [0.5, 0.6) is 0 Å². The first-order chi connectivity index (χ1) is 12.5. The number of ketones is 1. The van der Waals surface area contributed by atoms with Crippen LogP contribution in [0.15, 0.2) is 54.7 Å². The molecule has 1 aliphatic heterocycles. The topological polar surface area (TPSA) is 88.6 Å². The number of nitrogens with one attached hydrogen (secondary N) is 1. The van der Waals surface area contributed by atoms with Crippen molar-refractivity contribution in [1.29, 1.82) is 0 Å². The van der Waals surface area contributed by atoms with Crippen molar-refractivity contribution < 1.29 is 19.2 Å². The van der Waals surface area contributed by atoms with Gasteiger partial charge in [-0.05, 0) is 30.2 Å². The van der Waals surface area contributed by atoms with Crippen molar-refractivity contribution in [2.24, 2.45) is 5.92 Å². The fourth-order valence-electron chi connectivity index (χ4n) is 2.83. The number of rotatable bonds is 4. The second kappa shape index (κ2) is 7.88. The predicted molar refractivity (Wildman–Crippen MR) is 93.1 cm³/mol. The molecule has 2 heterocycles. The van der Waals surface area contributed by atoms with Crippen LogP contribution in [0, 0.1) is 5.92 Å². The molecule has 7 heteroatoms. The van der Waals surface area contributed by atoms with Gasteiger partial charge in [-0.3, -0.25) is 14.6 Å². The van der Waals surface area contributed by atoms with Crippen LogP contribution in [0.2, 0.25) is 0 Å². The van der Waals surface area contributed by atoms with Gasteiger partial charge in [0.05, 0.1) is 18.2 Å². The molecule has 1 fully saturated rings. The summed E-state index contributed by atoms with van der Waals surface area (Å²) >= 11 is 0. The molecule has 0 radical (unpaired) electrons. The summed E-state index contributed by atoms with van der Waals surface area (Å²) < 4.78 is 0. The molecule has 26 heavy (non-hydrogen) atoms. The molecular weight excluding hydrogens is 334 g/mol. The summed E-state index contributed by atoms with van der Waals surface area (Å²) in [6.07, 6.45) is 1.52. The van der Waals surface area contributed by atoms with Crippen LogP contribution in [0.3, 0.4) is 0 Å². The average Bonchev–Trinajstić information content (AvgIpc) is 2.66. The Morgan fingerprint density at radius 1 is 1.15 bits per heavy atom. The van der Waals surface area contributed by atoms with Gasteiger partial charge < -0.3 is 10.2 Å². The number of benzene rings is 1. The van der Waals surface area contributed by atoms with Crippen LogP contribution in [0.25, 0.3) is 0 Å². The normalized spacial score (nSPS) is 20.4. The number of hydrogen-bond donors (Lipinski definition) is 1. The Bertz CT molecular complexity index is 795. The molecule has 2 aromatic rings. The maximum absolute atomic E-state index is 12.4. The molecule has 134 valence electrons. The number of hydroxylamine groups is 2. The fraction of sp³-hybridized carbons (Fsp3) is 0.263. The molecule has 0 spiro atoms. The van der Waals surface area contributed by atoms with Crippen LogP contribution >= 0.6 is 0 Å². The summed E-state index contributed by atoms with van der Waals surface area (Å²) in [5.41, 5.74) is 0.670. The zero-order valence-electron chi connectivity index (χ0n) is 14.3. The molecule has 1 saturated heterocycles. The Morgan fingerprint density at radius 3 is 2.54 bits per heavy atom. The third kappa shape index (κ3) is 4.12. The minimum Gasteiger partial charge on any atom is -0.363 e. The van der Waals surface area contributed by atoms with E-state index in [1.54, 1.807) is 48.5 Å². The summed E-state index contributed by atoms with van der Waals surface area (Å²) in [5, 5.41) is 4.06. The monoisotopic (exact) mass is 353 g/mol. The molecule has 1 amide bonds. The first-order valence-corrected chi connectivity index (χ1v) is 8.31. The Kier molecular flexibility index (Phi) is 5.38. The van der Waals surface area contributed by atoms with Crippen LogP contribution in [-0.4, -0.2) is 46.8 Å². The van der Waals surface area contributed by atoms with E-state index in [2.05, 4.69) is 10.3 Å². The Hall–Kier alpha value is -3.06. The van der Waals surface area contributed by atoms with Gasteiger partial charge in [0.25, 0.3) is 5.91 Å². The van der Waals surface area contributed by atoms with Gasteiger partial charge in [0, 0.05) is 12.7 Å². The zero-order chi connectivity index (χ0) is 18.5. The van der Waals surface area contributed by atoms with Crippen LogP contribution in [-0.2, 0) is 9.63 Å². The van der Waals surface area contributed by atoms with Crippen molar-refractivity contribution in [3.63, 3.8) is 0 Å². The van der Waals surface area contributed by atoms with Crippen molar-refractivity contribution in [3.8, 4) is 0 Å². The van der Waals surface area contributed by atoms with Gasteiger partial charge in [0.1, 0.15) is 5.69 Å². The summed E-state index contributed by atoms with van der Waals surface area (Å²) in [6, 6.07) is 12.9. The summed E-state index contributed by atoms with van der Waals surface area (Å²) in [4.78, 5) is 46.1. The molecule has 1 aromatic heterocycles. The highest BCUT2D eigenvalue weighted by Crippen LogP contribution is 2.16. The minimum absolute atomic E-state index is 0.0733. The largest absolute Gasteiger partial charge is 0.363 e. The van der Waals surface area contributed by atoms with Crippen molar-refractivity contribution >= 4 is 17.7 Å². The highest BCUT2D eigenvalue weighted by molar-refractivity contribution is 5.97. The number of carbonyl (C=O) groups excluding carboxylic acids is 3. The van der Waals surface area contributed by atoms with E-state index in [-0.39, 0.29) is 23.9 Å². The molecule has 7 nitrogen and oxygen atoms in total. The predicted octanol–water partition coefficient (Wildman–Crippen LogP) is 1.47. The Labute approximate surface area is 150 Å². The van der Waals surface area contributed by atoms with E-state index in [0.29, 0.717) is 12.1 Å². The van der Waals surface area contributed by atoms with E-state index >= 15 is 0 Å². The fourth-order valence-corrected chi connectivity index (χ4v) is 2.83.